The number of fused-ring (bicyclic) bond motifs is 4. The molecule has 0 aliphatic rings. The lowest BCUT2D eigenvalue weighted by molar-refractivity contribution is -0.131. The van der Waals surface area contributed by atoms with Gasteiger partial charge in [0.2, 0.25) is 0 Å². The van der Waals surface area contributed by atoms with Crippen LogP contribution in [0.2, 0.25) is 5.02 Å². The van der Waals surface area contributed by atoms with Crippen molar-refractivity contribution < 1.29 is 19.1 Å². The van der Waals surface area contributed by atoms with Gasteiger partial charge in [-0.1, -0.05) is 35.9 Å². The molecule has 4 rings (SSSR count). The monoisotopic (exact) mass is 394 g/mol. The number of esters is 2. The molecule has 0 aliphatic carbocycles. The Morgan fingerprint density at radius 1 is 1.00 bits per heavy atom. The number of rotatable bonds is 3. The zero-order chi connectivity index (χ0) is 19.8. The molecule has 0 atom stereocenters. The van der Waals surface area contributed by atoms with Crippen LogP contribution < -0.4 is 4.74 Å². The molecular formula is C21H15ClN2O4. The average molecular weight is 395 g/mol. The first kappa shape index (κ1) is 18.1. The first-order chi connectivity index (χ1) is 13.5. The van der Waals surface area contributed by atoms with Gasteiger partial charge in [0.25, 0.3) is 0 Å². The SMILES string of the molecule is CCOC(=O)c1c(Cl)c2cccc(OC(C)=O)c2c2nc3ccccc3nc12. The predicted octanol–water partition coefficient (Wildman–Crippen LogP) is 4.69. The lowest BCUT2D eigenvalue weighted by atomic mass is 10.0. The number of hydrogen-bond acceptors (Lipinski definition) is 6. The number of hydrogen-bond donors (Lipinski definition) is 0. The quantitative estimate of drug-likeness (QED) is 0.217. The molecule has 0 fully saturated rings. The normalized spacial score (nSPS) is 11.1. The molecular weight excluding hydrogens is 380 g/mol. The number of nitrogens with zero attached hydrogens (tertiary/aromatic N) is 2. The summed E-state index contributed by atoms with van der Waals surface area (Å²) >= 11 is 6.60. The van der Waals surface area contributed by atoms with Crippen LogP contribution in [-0.4, -0.2) is 28.5 Å². The molecule has 0 saturated carbocycles. The van der Waals surface area contributed by atoms with Crippen LogP contribution in [0.1, 0.15) is 24.2 Å². The topological polar surface area (TPSA) is 78.4 Å². The van der Waals surface area contributed by atoms with Crippen molar-refractivity contribution in [3.05, 3.63) is 53.1 Å². The second kappa shape index (κ2) is 7.05. The molecule has 0 radical (unpaired) electrons. The summed E-state index contributed by atoms with van der Waals surface area (Å²) < 4.78 is 10.6. The number of para-hydroxylation sites is 2. The third-order valence-electron chi connectivity index (χ3n) is 4.26. The van der Waals surface area contributed by atoms with Gasteiger partial charge in [-0.3, -0.25) is 4.79 Å². The van der Waals surface area contributed by atoms with Gasteiger partial charge in [0, 0.05) is 12.3 Å². The fourth-order valence-corrected chi connectivity index (χ4v) is 3.50. The summed E-state index contributed by atoms with van der Waals surface area (Å²) in [5.41, 5.74) is 2.11. The van der Waals surface area contributed by atoms with Gasteiger partial charge in [0.05, 0.1) is 28.0 Å². The van der Waals surface area contributed by atoms with Gasteiger partial charge < -0.3 is 9.47 Å². The molecule has 3 aromatic carbocycles. The summed E-state index contributed by atoms with van der Waals surface area (Å²) in [4.78, 5) is 33.6. The van der Waals surface area contributed by atoms with Crippen molar-refractivity contribution >= 4 is 56.4 Å². The first-order valence-electron chi connectivity index (χ1n) is 8.67. The van der Waals surface area contributed by atoms with Crippen molar-refractivity contribution in [2.45, 2.75) is 13.8 Å². The zero-order valence-electron chi connectivity index (χ0n) is 15.2. The Hall–Kier alpha value is -3.25. The minimum absolute atomic E-state index is 0.143. The van der Waals surface area contributed by atoms with Gasteiger partial charge in [0.1, 0.15) is 22.3 Å². The van der Waals surface area contributed by atoms with E-state index in [0.717, 1.165) is 0 Å². The Kier molecular flexibility index (Phi) is 4.57. The number of benzene rings is 3. The van der Waals surface area contributed by atoms with E-state index in [2.05, 4.69) is 4.98 Å². The number of carbonyl (C=O) groups excluding carboxylic acids is 2. The van der Waals surface area contributed by atoms with Crippen LogP contribution in [0.25, 0.3) is 32.8 Å². The number of carbonyl (C=O) groups is 2. The molecule has 1 heterocycles. The van der Waals surface area contributed by atoms with Gasteiger partial charge in [-0.2, -0.15) is 0 Å². The van der Waals surface area contributed by atoms with Crippen LogP contribution in [0, 0.1) is 0 Å². The Labute approximate surface area is 165 Å². The third kappa shape index (κ3) is 2.92. The Balaban J connectivity index is 2.23. The molecule has 6 nitrogen and oxygen atoms in total. The Bertz CT molecular complexity index is 1270. The summed E-state index contributed by atoms with van der Waals surface area (Å²) in [7, 11) is 0. The molecule has 28 heavy (non-hydrogen) atoms. The summed E-state index contributed by atoms with van der Waals surface area (Å²) in [6.45, 7) is 3.23. The van der Waals surface area contributed by atoms with E-state index in [9.17, 15) is 9.59 Å². The number of ether oxygens (including phenoxy) is 2. The highest BCUT2D eigenvalue weighted by atomic mass is 35.5. The second-order valence-corrected chi connectivity index (χ2v) is 6.47. The minimum atomic E-state index is -0.582. The summed E-state index contributed by atoms with van der Waals surface area (Å²) in [6.07, 6.45) is 0. The first-order valence-corrected chi connectivity index (χ1v) is 9.05. The van der Waals surface area contributed by atoms with Crippen LogP contribution in [-0.2, 0) is 9.53 Å². The standard InChI is InChI=1S/C21H15ClN2O4/c1-3-27-21(26)17-18(22)12-7-6-10-15(28-11(2)25)16(12)19-20(17)24-14-9-5-4-8-13(14)23-19/h4-10H,3H2,1-2H3. The van der Waals surface area contributed by atoms with Crippen LogP contribution in [0.3, 0.4) is 0 Å². The molecule has 140 valence electrons. The summed E-state index contributed by atoms with van der Waals surface area (Å²) in [5, 5.41) is 1.23. The predicted molar refractivity (Wildman–Crippen MR) is 107 cm³/mol. The Morgan fingerprint density at radius 3 is 2.32 bits per heavy atom. The van der Waals surface area contributed by atoms with Gasteiger partial charge in [-0.05, 0) is 25.1 Å². The summed E-state index contributed by atoms with van der Waals surface area (Å²) in [6, 6.07) is 12.4. The molecule has 0 spiro atoms. The highest BCUT2D eigenvalue weighted by Gasteiger charge is 2.24. The molecule has 0 unspecified atom stereocenters. The second-order valence-electron chi connectivity index (χ2n) is 6.09. The molecule has 0 aliphatic heterocycles. The van der Waals surface area contributed by atoms with Crippen molar-refractivity contribution in [2.24, 2.45) is 0 Å². The maximum Gasteiger partial charge on any atom is 0.341 e. The molecule has 0 N–H and O–H groups in total. The van der Waals surface area contributed by atoms with Crippen molar-refractivity contribution in [2.75, 3.05) is 6.61 Å². The van der Waals surface area contributed by atoms with Crippen molar-refractivity contribution in [3.63, 3.8) is 0 Å². The van der Waals surface area contributed by atoms with Crippen LogP contribution in [0.15, 0.2) is 42.5 Å². The molecule has 4 aromatic rings. The lowest BCUT2D eigenvalue weighted by Crippen LogP contribution is -2.09. The van der Waals surface area contributed by atoms with E-state index in [4.69, 9.17) is 26.1 Å². The minimum Gasteiger partial charge on any atom is -0.462 e. The Morgan fingerprint density at radius 2 is 1.68 bits per heavy atom. The van der Waals surface area contributed by atoms with Gasteiger partial charge in [0.15, 0.2) is 0 Å². The fraction of sp³-hybridized carbons (Fsp3) is 0.143. The van der Waals surface area contributed by atoms with E-state index in [-0.39, 0.29) is 17.2 Å². The smallest absolute Gasteiger partial charge is 0.341 e. The maximum atomic E-state index is 12.7. The van der Waals surface area contributed by atoms with Crippen LogP contribution >= 0.6 is 11.6 Å². The van der Waals surface area contributed by atoms with Gasteiger partial charge >= 0.3 is 11.9 Å². The molecule has 7 heteroatoms. The highest BCUT2D eigenvalue weighted by molar-refractivity contribution is 6.41. The van der Waals surface area contributed by atoms with Crippen molar-refractivity contribution in [1.82, 2.24) is 9.97 Å². The van der Waals surface area contributed by atoms with E-state index in [1.54, 1.807) is 31.2 Å². The van der Waals surface area contributed by atoms with E-state index >= 15 is 0 Å². The van der Waals surface area contributed by atoms with E-state index < -0.39 is 11.9 Å². The van der Waals surface area contributed by atoms with Crippen molar-refractivity contribution in [3.8, 4) is 5.75 Å². The molecule has 1 aromatic heterocycles. The number of halogens is 1. The molecule has 0 amide bonds. The number of aromatic nitrogens is 2. The average Bonchev–Trinajstić information content (AvgIpc) is 2.67. The third-order valence-corrected chi connectivity index (χ3v) is 4.65. The van der Waals surface area contributed by atoms with Crippen LogP contribution in [0.4, 0.5) is 0 Å². The highest BCUT2D eigenvalue weighted by Crippen LogP contribution is 2.40. The zero-order valence-corrected chi connectivity index (χ0v) is 15.9. The van der Waals surface area contributed by atoms with E-state index in [0.29, 0.717) is 38.6 Å². The van der Waals surface area contributed by atoms with Crippen molar-refractivity contribution in [1.29, 1.82) is 0 Å². The lowest BCUT2D eigenvalue weighted by Gasteiger charge is -2.14. The molecule has 0 bridgehead atoms. The van der Waals surface area contributed by atoms with E-state index in [1.165, 1.54) is 6.92 Å². The van der Waals surface area contributed by atoms with Gasteiger partial charge in [-0.15, -0.1) is 0 Å². The van der Waals surface area contributed by atoms with E-state index in [1.807, 2.05) is 18.2 Å². The van der Waals surface area contributed by atoms with Gasteiger partial charge in [-0.25, -0.2) is 14.8 Å². The maximum absolute atomic E-state index is 12.7. The fourth-order valence-electron chi connectivity index (χ4n) is 3.18. The molecule has 0 saturated heterocycles. The largest absolute Gasteiger partial charge is 0.462 e. The van der Waals surface area contributed by atoms with Crippen LogP contribution in [0.5, 0.6) is 5.75 Å². The summed E-state index contributed by atoms with van der Waals surface area (Å²) in [5.74, 6) is -0.751.